The Morgan fingerprint density at radius 3 is 2.73 bits per heavy atom. The Hall–Kier alpha value is -1.63. The maximum absolute atomic E-state index is 11.7. The molecule has 0 saturated carbocycles. The molecule has 1 atom stereocenters. The molecule has 2 rings (SSSR count). The third-order valence-electron chi connectivity index (χ3n) is 3.00. The number of nitrogens with zero attached hydrogens (tertiary/aromatic N) is 1. The summed E-state index contributed by atoms with van der Waals surface area (Å²) in [4.78, 5) is 17.0. The molecular formula is C15H18ClN3O2S. The third kappa shape index (κ3) is 5.29. The summed E-state index contributed by atoms with van der Waals surface area (Å²) in [6, 6.07) is 6.57. The number of thiazole rings is 1. The quantitative estimate of drug-likeness (QED) is 0.757. The number of benzene rings is 1. The molecule has 1 heterocycles. The van der Waals surface area contributed by atoms with Crippen LogP contribution in [0.3, 0.4) is 0 Å². The number of aliphatic hydroxyl groups excluding tert-OH is 1. The lowest BCUT2D eigenvalue weighted by molar-refractivity contribution is 0.173. The van der Waals surface area contributed by atoms with Crippen molar-refractivity contribution in [3.8, 4) is 0 Å². The van der Waals surface area contributed by atoms with E-state index < -0.39 is 6.10 Å². The molecule has 0 radical (unpaired) electrons. The standard InChI is InChI=1S/C15H18ClN3O2S/c1-10-8-18-14(22-10)6-7-17-15(21)19-9-13(20)11-2-4-12(16)5-3-11/h2-5,8,13,20H,6-7,9H2,1H3,(H2,17,19,21). The molecule has 7 heteroatoms. The first-order valence-electron chi connectivity index (χ1n) is 6.91. The molecule has 0 saturated heterocycles. The van der Waals surface area contributed by atoms with Crippen LogP contribution >= 0.6 is 22.9 Å². The van der Waals surface area contributed by atoms with Crippen LogP contribution in [0.2, 0.25) is 5.02 Å². The maximum Gasteiger partial charge on any atom is 0.314 e. The number of hydrogen-bond donors (Lipinski definition) is 3. The van der Waals surface area contributed by atoms with Crippen molar-refractivity contribution >= 4 is 29.0 Å². The molecule has 5 nitrogen and oxygen atoms in total. The third-order valence-corrected chi connectivity index (χ3v) is 4.23. The summed E-state index contributed by atoms with van der Waals surface area (Å²) in [6.07, 6.45) is 1.76. The molecule has 3 N–H and O–H groups in total. The summed E-state index contributed by atoms with van der Waals surface area (Å²) in [5.74, 6) is 0. The predicted molar refractivity (Wildman–Crippen MR) is 88.4 cm³/mol. The number of hydrogen-bond acceptors (Lipinski definition) is 4. The number of amides is 2. The molecule has 0 aliphatic carbocycles. The number of aryl methyl sites for hydroxylation is 1. The molecule has 118 valence electrons. The van der Waals surface area contributed by atoms with Gasteiger partial charge >= 0.3 is 6.03 Å². The van der Waals surface area contributed by atoms with Gasteiger partial charge in [0.05, 0.1) is 11.1 Å². The number of aliphatic hydroxyl groups is 1. The van der Waals surface area contributed by atoms with E-state index in [2.05, 4.69) is 15.6 Å². The first kappa shape index (κ1) is 16.7. The lowest BCUT2D eigenvalue weighted by atomic mass is 10.1. The Labute approximate surface area is 138 Å². The highest BCUT2D eigenvalue weighted by Crippen LogP contribution is 2.15. The topological polar surface area (TPSA) is 74.2 Å². The van der Waals surface area contributed by atoms with Crippen LogP contribution in [0.25, 0.3) is 0 Å². The molecule has 0 fully saturated rings. The van der Waals surface area contributed by atoms with Gasteiger partial charge in [0.15, 0.2) is 0 Å². The second kappa shape index (κ2) is 8.12. The summed E-state index contributed by atoms with van der Waals surface area (Å²) < 4.78 is 0. The largest absolute Gasteiger partial charge is 0.387 e. The van der Waals surface area contributed by atoms with E-state index in [4.69, 9.17) is 11.6 Å². The average molecular weight is 340 g/mol. The van der Waals surface area contributed by atoms with Gasteiger partial charge in [-0.2, -0.15) is 0 Å². The highest BCUT2D eigenvalue weighted by molar-refractivity contribution is 7.11. The first-order valence-corrected chi connectivity index (χ1v) is 8.10. The van der Waals surface area contributed by atoms with Gasteiger partial charge in [0.1, 0.15) is 0 Å². The van der Waals surface area contributed by atoms with E-state index in [1.807, 2.05) is 13.1 Å². The molecule has 0 aliphatic heterocycles. The van der Waals surface area contributed by atoms with E-state index in [0.29, 0.717) is 23.6 Å². The van der Waals surface area contributed by atoms with Crippen LogP contribution in [-0.2, 0) is 6.42 Å². The fourth-order valence-electron chi connectivity index (χ4n) is 1.85. The molecule has 22 heavy (non-hydrogen) atoms. The van der Waals surface area contributed by atoms with Crippen molar-refractivity contribution in [1.82, 2.24) is 15.6 Å². The smallest absolute Gasteiger partial charge is 0.314 e. The molecule has 0 spiro atoms. The zero-order chi connectivity index (χ0) is 15.9. The van der Waals surface area contributed by atoms with Crippen molar-refractivity contribution in [3.05, 3.63) is 50.9 Å². The molecule has 2 aromatic rings. The Morgan fingerprint density at radius 2 is 2.09 bits per heavy atom. The SMILES string of the molecule is Cc1cnc(CCNC(=O)NCC(O)c2ccc(Cl)cc2)s1. The van der Waals surface area contributed by atoms with E-state index >= 15 is 0 Å². The van der Waals surface area contributed by atoms with Crippen molar-refractivity contribution in [1.29, 1.82) is 0 Å². The predicted octanol–water partition coefficient (Wildman–Crippen LogP) is 2.68. The summed E-state index contributed by atoms with van der Waals surface area (Å²) >= 11 is 7.41. The highest BCUT2D eigenvalue weighted by atomic mass is 35.5. The van der Waals surface area contributed by atoms with Gasteiger partial charge in [0.2, 0.25) is 0 Å². The Kier molecular flexibility index (Phi) is 6.18. The van der Waals surface area contributed by atoms with Crippen molar-refractivity contribution in [2.24, 2.45) is 0 Å². The molecule has 1 unspecified atom stereocenters. The van der Waals surface area contributed by atoms with Crippen molar-refractivity contribution < 1.29 is 9.90 Å². The number of nitrogens with one attached hydrogen (secondary N) is 2. The monoisotopic (exact) mass is 339 g/mol. The van der Waals surface area contributed by atoms with E-state index in [1.165, 1.54) is 0 Å². The van der Waals surface area contributed by atoms with Gasteiger partial charge < -0.3 is 15.7 Å². The van der Waals surface area contributed by atoms with Gasteiger partial charge in [0.25, 0.3) is 0 Å². The number of carbonyl (C=O) groups excluding carboxylic acids is 1. The normalized spacial score (nSPS) is 12.0. The number of urea groups is 1. The molecule has 1 aromatic heterocycles. The van der Waals surface area contributed by atoms with Crippen LogP contribution in [0.1, 0.15) is 21.6 Å². The maximum atomic E-state index is 11.7. The van der Waals surface area contributed by atoms with Gasteiger partial charge in [-0.1, -0.05) is 23.7 Å². The molecular weight excluding hydrogens is 322 g/mol. The lowest BCUT2D eigenvalue weighted by Crippen LogP contribution is -2.38. The van der Waals surface area contributed by atoms with Crippen LogP contribution in [0.5, 0.6) is 0 Å². The van der Waals surface area contributed by atoms with E-state index in [1.54, 1.807) is 35.6 Å². The second-order valence-electron chi connectivity index (χ2n) is 4.82. The van der Waals surface area contributed by atoms with Crippen LogP contribution < -0.4 is 10.6 Å². The lowest BCUT2D eigenvalue weighted by Gasteiger charge is -2.13. The Morgan fingerprint density at radius 1 is 1.36 bits per heavy atom. The Balaban J connectivity index is 1.67. The van der Waals surface area contributed by atoms with Crippen molar-refractivity contribution in [2.45, 2.75) is 19.4 Å². The summed E-state index contributed by atoms with van der Waals surface area (Å²) in [5, 5.41) is 17.0. The van der Waals surface area contributed by atoms with Crippen molar-refractivity contribution in [2.75, 3.05) is 13.1 Å². The van der Waals surface area contributed by atoms with Crippen LogP contribution in [0.4, 0.5) is 4.79 Å². The van der Waals surface area contributed by atoms with Gasteiger partial charge in [0, 0.05) is 35.6 Å². The highest BCUT2D eigenvalue weighted by Gasteiger charge is 2.09. The summed E-state index contributed by atoms with van der Waals surface area (Å²) in [6.45, 7) is 2.65. The van der Waals surface area contributed by atoms with Crippen molar-refractivity contribution in [3.63, 3.8) is 0 Å². The van der Waals surface area contributed by atoms with Crippen LogP contribution in [0.15, 0.2) is 30.5 Å². The molecule has 1 aromatic carbocycles. The first-order chi connectivity index (χ1) is 10.5. The number of carbonyl (C=O) groups is 1. The minimum absolute atomic E-state index is 0.143. The number of rotatable bonds is 6. The molecule has 0 aliphatic rings. The second-order valence-corrected chi connectivity index (χ2v) is 6.57. The fraction of sp³-hybridized carbons (Fsp3) is 0.333. The number of aromatic nitrogens is 1. The average Bonchev–Trinajstić information content (AvgIpc) is 2.91. The van der Waals surface area contributed by atoms with Crippen LogP contribution in [0, 0.1) is 6.92 Å². The minimum Gasteiger partial charge on any atom is -0.387 e. The van der Waals surface area contributed by atoms with E-state index in [9.17, 15) is 9.90 Å². The molecule has 2 amide bonds. The minimum atomic E-state index is -0.760. The van der Waals surface area contributed by atoms with Gasteiger partial charge in [-0.3, -0.25) is 0 Å². The van der Waals surface area contributed by atoms with E-state index in [0.717, 1.165) is 9.88 Å². The zero-order valence-corrected chi connectivity index (χ0v) is 13.7. The summed E-state index contributed by atoms with van der Waals surface area (Å²) in [7, 11) is 0. The summed E-state index contributed by atoms with van der Waals surface area (Å²) in [5.41, 5.74) is 0.711. The Bertz CT molecular complexity index is 616. The zero-order valence-electron chi connectivity index (χ0n) is 12.2. The van der Waals surface area contributed by atoms with Gasteiger partial charge in [-0.25, -0.2) is 9.78 Å². The number of halogens is 1. The molecule has 0 bridgehead atoms. The fourth-order valence-corrected chi connectivity index (χ4v) is 2.77. The van der Waals surface area contributed by atoms with Gasteiger partial charge in [-0.15, -0.1) is 11.3 Å². The van der Waals surface area contributed by atoms with E-state index in [-0.39, 0.29) is 12.6 Å². The van der Waals surface area contributed by atoms with Crippen LogP contribution in [-0.4, -0.2) is 29.2 Å². The van der Waals surface area contributed by atoms with Gasteiger partial charge in [-0.05, 0) is 24.6 Å².